The number of anilines is 2. The molecule has 1 amide bonds. The van der Waals surface area contributed by atoms with Gasteiger partial charge in [0.25, 0.3) is 5.91 Å². The van der Waals surface area contributed by atoms with Crippen LogP contribution in [0.15, 0.2) is 66.9 Å². The third-order valence-electron chi connectivity index (χ3n) is 3.72. The van der Waals surface area contributed by atoms with Gasteiger partial charge in [0.05, 0.1) is 11.3 Å². The van der Waals surface area contributed by atoms with Crippen LogP contribution in [0.3, 0.4) is 0 Å². The molecule has 3 aromatic rings. The van der Waals surface area contributed by atoms with Crippen LogP contribution < -0.4 is 10.6 Å². The Labute approximate surface area is 150 Å². The number of rotatable bonds is 5. The standard InChI is InChI=1S/C20H15FN4O/c21-17-7-3-1-6-15(17)13-24-20(26)19-11-16(9-10-23-19)25-18-8-4-2-5-14(18)12-22/h1-11H,13H2,(H,23,25)(H,24,26). The number of carbonyl (C=O) groups excluding carboxylic acids is 1. The van der Waals surface area contributed by atoms with Crippen LogP contribution in [0.25, 0.3) is 0 Å². The number of para-hydroxylation sites is 1. The van der Waals surface area contributed by atoms with Gasteiger partial charge < -0.3 is 10.6 Å². The number of benzene rings is 2. The third-order valence-corrected chi connectivity index (χ3v) is 3.72. The molecule has 0 atom stereocenters. The van der Waals surface area contributed by atoms with Gasteiger partial charge in [-0.05, 0) is 30.3 Å². The second-order valence-electron chi connectivity index (χ2n) is 5.49. The summed E-state index contributed by atoms with van der Waals surface area (Å²) in [4.78, 5) is 16.3. The number of nitrogens with one attached hydrogen (secondary N) is 2. The van der Waals surface area contributed by atoms with Gasteiger partial charge in [-0.1, -0.05) is 30.3 Å². The fourth-order valence-electron chi connectivity index (χ4n) is 2.39. The Morgan fingerprint density at radius 2 is 1.88 bits per heavy atom. The summed E-state index contributed by atoms with van der Waals surface area (Å²) in [6.45, 7) is 0.0715. The monoisotopic (exact) mass is 346 g/mol. The summed E-state index contributed by atoms with van der Waals surface area (Å²) >= 11 is 0. The second-order valence-corrected chi connectivity index (χ2v) is 5.49. The Morgan fingerprint density at radius 3 is 2.69 bits per heavy atom. The minimum atomic E-state index is -0.412. The summed E-state index contributed by atoms with van der Waals surface area (Å²) in [5.41, 5.74) is 2.35. The van der Waals surface area contributed by atoms with Crippen molar-refractivity contribution in [3.8, 4) is 6.07 Å². The van der Waals surface area contributed by atoms with Crippen molar-refractivity contribution in [2.75, 3.05) is 5.32 Å². The summed E-state index contributed by atoms with van der Waals surface area (Å²) in [6, 6.07) is 18.7. The summed E-state index contributed by atoms with van der Waals surface area (Å²) in [6.07, 6.45) is 1.50. The highest BCUT2D eigenvalue weighted by atomic mass is 19.1. The Bertz CT molecular complexity index is 981. The number of hydrogen-bond acceptors (Lipinski definition) is 4. The first-order valence-corrected chi connectivity index (χ1v) is 7.91. The molecule has 0 fully saturated rings. The molecule has 0 radical (unpaired) electrons. The van der Waals surface area contributed by atoms with Gasteiger partial charge in [-0.25, -0.2) is 4.39 Å². The lowest BCUT2D eigenvalue weighted by Crippen LogP contribution is -2.24. The number of amides is 1. The molecular weight excluding hydrogens is 331 g/mol. The van der Waals surface area contributed by atoms with Gasteiger partial charge in [0.1, 0.15) is 17.6 Å². The van der Waals surface area contributed by atoms with Crippen LogP contribution in [0.1, 0.15) is 21.6 Å². The predicted molar refractivity (Wildman–Crippen MR) is 96.2 cm³/mol. The van der Waals surface area contributed by atoms with Crippen LogP contribution in [0, 0.1) is 17.1 Å². The smallest absolute Gasteiger partial charge is 0.270 e. The van der Waals surface area contributed by atoms with Gasteiger partial charge in [-0.15, -0.1) is 0 Å². The van der Waals surface area contributed by atoms with Crippen molar-refractivity contribution in [3.63, 3.8) is 0 Å². The summed E-state index contributed by atoms with van der Waals surface area (Å²) in [7, 11) is 0. The molecule has 1 aromatic heterocycles. The first kappa shape index (κ1) is 17.1. The van der Waals surface area contributed by atoms with Gasteiger partial charge in [0.2, 0.25) is 0 Å². The molecule has 5 nitrogen and oxygen atoms in total. The van der Waals surface area contributed by atoms with E-state index in [1.54, 1.807) is 48.5 Å². The lowest BCUT2D eigenvalue weighted by Gasteiger charge is -2.10. The molecule has 128 valence electrons. The zero-order valence-electron chi connectivity index (χ0n) is 13.7. The van der Waals surface area contributed by atoms with Crippen LogP contribution >= 0.6 is 0 Å². The SMILES string of the molecule is N#Cc1ccccc1Nc1ccnc(C(=O)NCc2ccccc2F)c1. The number of halogens is 1. The Morgan fingerprint density at radius 1 is 1.12 bits per heavy atom. The van der Waals surface area contributed by atoms with E-state index in [0.29, 0.717) is 22.5 Å². The van der Waals surface area contributed by atoms with Crippen molar-refractivity contribution in [1.82, 2.24) is 10.3 Å². The lowest BCUT2D eigenvalue weighted by molar-refractivity contribution is 0.0945. The molecule has 0 saturated heterocycles. The van der Waals surface area contributed by atoms with Crippen molar-refractivity contribution in [1.29, 1.82) is 5.26 Å². The van der Waals surface area contributed by atoms with E-state index in [4.69, 9.17) is 5.26 Å². The number of hydrogen-bond donors (Lipinski definition) is 2. The maximum absolute atomic E-state index is 13.6. The fourth-order valence-corrected chi connectivity index (χ4v) is 2.39. The number of aromatic nitrogens is 1. The topological polar surface area (TPSA) is 77.8 Å². The second kappa shape index (κ2) is 7.90. The van der Waals surface area contributed by atoms with E-state index in [-0.39, 0.29) is 18.1 Å². The number of nitrogens with zero attached hydrogens (tertiary/aromatic N) is 2. The molecular formula is C20H15FN4O. The lowest BCUT2D eigenvalue weighted by atomic mass is 10.2. The maximum Gasteiger partial charge on any atom is 0.270 e. The van der Waals surface area contributed by atoms with Crippen LogP contribution in [0.2, 0.25) is 0 Å². The summed E-state index contributed by atoms with van der Waals surface area (Å²) in [5.74, 6) is -0.783. The highest BCUT2D eigenvalue weighted by molar-refractivity contribution is 5.93. The van der Waals surface area contributed by atoms with Crippen molar-refractivity contribution >= 4 is 17.3 Å². The van der Waals surface area contributed by atoms with Crippen molar-refractivity contribution in [3.05, 3.63) is 89.5 Å². The van der Waals surface area contributed by atoms with E-state index in [2.05, 4.69) is 21.7 Å². The zero-order chi connectivity index (χ0) is 18.4. The summed E-state index contributed by atoms with van der Waals surface area (Å²) in [5, 5.41) is 14.9. The summed E-state index contributed by atoms with van der Waals surface area (Å²) < 4.78 is 13.6. The molecule has 2 N–H and O–H groups in total. The predicted octanol–water partition coefficient (Wildman–Crippen LogP) is 3.77. The molecule has 0 saturated carbocycles. The van der Waals surface area contributed by atoms with Crippen LogP contribution in [0.5, 0.6) is 0 Å². The molecule has 0 aliphatic carbocycles. The van der Waals surface area contributed by atoms with E-state index in [1.807, 2.05) is 6.07 Å². The minimum Gasteiger partial charge on any atom is -0.354 e. The third kappa shape index (κ3) is 4.02. The fraction of sp³-hybridized carbons (Fsp3) is 0.0500. The van der Waals surface area contributed by atoms with Gasteiger partial charge in [-0.2, -0.15) is 5.26 Å². The average Bonchev–Trinajstić information content (AvgIpc) is 2.68. The first-order valence-electron chi connectivity index (χ1n) is 7.91. The number of nitriles is 1. The molecule has 26 heavy (non-hydrogen) atoms. The molecule has 2 aromatic carbocycles. The highest BCUT2D eigenvalue weighted by Gasteiger charge is 2.10. The molecule has 0 unspecified atom stereocenters. The minimum absolute atomic E-state index is 0.0715. The van der Waals surface area contributed by atoms with E-state index in [1.165, 1.54) is 12.3 Å². The van der Waals surface area contributed by atoms with Crippen LogP contribution in [-0.4, -0.2) is 10.9 Å². The first-order chi connectivity index (χ1) is 12.7. The van der Waals surface area contributed by atoms with Crippen molar-refractivity contribution < 1.29 is 9.18 Å². The Balaban J connectivity index is 1.71. The van der Waals surface area contributed by atoms with Gasteiger partial charge in [-0.3, -0.25) is 9.78 Å². The quantitative estimate of drug-likeness (QED) is 0.737. The van der Waals surface area contributed by atoms with Crippen LogP contribution in [-0.2, 0) is 6.54 Å². The largest absolute Gasteiger partial charge is 0.354 e. The average molecular weight is 346 g/mol. The number of pyridine rings is 1. The zero-order valence-corrected chi connectivity index (χ0v) is 13.7. The molecule has 1 heterocycles. The highest BCUT2D eigenvalue weighted by Crippen LogP contribution is 2.20. The maximum atomic E-state index is 13.6. The molecule has 6 heteroatoms. The molecule has 0 aliphatic rings. The Kier molecular flexibility index (Phi) is 5.20. The van der Waals surface area contributed by atoms with E-state index < -0.39 is 5.91 Å². The Hall–Kier alpha value is -3.72. The van der Waals surface area contributed by atoms with Crippen molar-refractivity contribution in [2.45, 2.75) is 6.54 Å². The van der Waals surface area contributed by atoms with E-state index >= 15 is 0 Å². The van der Waals surface area contributed by atoms with Gasteiger partial charge in [0.15, 0.2) is 0 Å². The van der Waals surface area contributed by atoms with E-state index in [0.717, 1.165) is 0 Å². The normalized spacial score (nSPS) is 10.0. The van der Waals surface area contributed by atoms with Gasteiger partial charge in [0, 0.05) is 24.0 Å². The van der Waals surface area contributed by atoms with Crippen molar-refractivity contribution in [2.24, 2.45) is 0 Å². The molecule has 3 rings (SSSR count). The molecule has 0 aliphatic heterocycles. The molecule has 0 bridgehead atoms. The van der Waals surface area contributed by atoms with Crippen LogP contribution in [0.4, 0.5) is 15.8 Å². The van der Waals surface area contributed by atoms with E-state index in [9.17, 15) is 9.18 Å². The van der Waals surface area contributed by atoms with Gasteiger partial charge >= 0.3 is 0 Å². The molecule has 0 spiro atoms. The number of carbonyl (C=O) groups is 1.